The minimum atomic E-state index is -5.83. The van der Waals surface area contributed by atoms with Crippen LogP contribution in [-0.4, -0.2) is 17.7 Å². The number of hydrogen-bond donors (Lipinski definition) is 0. The van der Waals surface area contributed by atoms with Crippen molar-refractivity contribution >= 4 is 7.82 Å². The van der Waals surface area contributed by atoms with Crippen molar-refractivity contribution in [2.45, 2.75) is 57.2 Å². The van der Waals surface area contributed by atoms with Crippen LogP contribution in [-0.2, 0) is 9.09 Å². The molecule has 0 aromatic rings. The molecule has 0 radical (unpaired) electrons. The summed E-state index contributed by atoms with van der Waals surface area (Å²) in [7, 11) is -5.67. The molecule has 0 spiro atoms. The Balaban J connectivity index is 5.32. The first-order chi connectivity index (χ1) is 8.29. The van der Waals surface area contributed by atoms with Crippen LogP contribution < -0.4 is 9.79 Å². The second-order valence-electron chi connectivity index (χ2n) is 4.20. The van der Waals surface area contributed by atoms with Gasteiger partial charge in [0.1, 0.15) is 0 Å². The maximum absolute atomic E-state index is 13.0. The summed E-state index contributed by atoms with van der Waals surface area (Å²) in [6.07, 6.45) is -8.50. The molecule has 0 amide bonds. The van der Waals surface area contributed by atoms with Crippen LogP contribution in [0.25, 0.3) is 0 Å². The third-order valence-electron chi connectivity index (χ3n) is 2.61. The number of alkyl halides is 5. The number of rotatable bonds is 7. The predicted octanol–water partition coefficient (Wildman–Crippen LogP) is 2.37. The molecule has 0 aliphatic rings. The van der Waals surface area contributed by atoms with Crippen LogP contribution in [0.2, 0.25) is 0 Å². The molecular formula is C9H14F5O4P-2. The van der Waals surface area contributed by atoms with Crippen molar-refractivity contribution in [1.29, 1.82) is 0 Å². The van der Waals surface area contributed by atoms with Crippen LogP contribution >= 0.6 is 7.82 Å². The minimum absolute atomic E-state index is 0.0851. The highest BCUT2D eigenvalue weighted by atomic mass is 31.2. The molecule has 0 aromatic heterocycles. The topological polar surface area (TPSA) is 72.4 Å². The van der Waals surface area contributed by atoms with Crippen LogP contribution in [0.4, 0.5) is 22.0 Å². The van der Waals surface area contributed by atoms with E-state index < -0.39 is 44.8 Å². The standard InChI is InChI=1S/C9H16F5O4P/c1-3-5-7(4-2,18-19(15,16)17)6-8(10,11)9(12,13)14/h3-6H2,1-2H3,(H2,15,16,17)/p-2. The lowest BCUT2D eigenvalue weighted by molar-refractivity contribution is -0.355. The van der Waals surface area contributed by atoms with Gasteiger partial charge in [0.2, 0.25) is 0 Å². The molecule has 4 nitrogen and oxygen atoms in total. The fraction of sp³-hybridized carbons (Fsp3) is 1.00. The summed E-state index contributed by atoms with van der Waals surface area (Å²) in [6, 6.07) is 0. The fourth-order valence-corrected chi connectivity index (χ4v) is 2.49. The first-order valence-electron chi connectivity index (χ1n) is 5.46. The summed E-state index contributed by atoms with van der Waals surface area (Å²) in [5.74, 6) is -5.13. The summed E-state index contributed by atoms with van der Waals surface area (Å²) in [5, 5.41) is 0. The van der Waals surface area contributed by atoms with E-state index in [4.69, 9.17) is 0 Å². The Morgan fingerprint density at radius 3 is 1.84 bits per heavy atom. The first-order valence-corrected chi connectivity index (χ1v) is 6.92. The van der Waals surface area contributed by atoms with Gasteiger partial charge >= 0.3 is 12.1 Å². The normalized spacial score (nSPS) is 17.3. The predicted molar refractivity (Wildman–Crippen MR) is 52.2 cm³/mol. The van der Waals surface area contributed by atoms with E-state index in [-0.39, 0.29) is 6.42 Å². The monoisotopic (exact) mass is 312 g/mol. The highest BCUT2D eigenvalue weighted by molar-refractivity contribution is 7.43. The van der Waals surface area contributed by atoms with Crippen molar-refractivity contribution in [3.63, 3.8) is 0 Å². The van der Waals surface area contributed by atoms with Crippen molar-refractivity contribution in [2.75, 3.05) is 0 Å². The van der Waals surface area contributed by atoms with E-state index in [1.807, 2.05) is 0 Å². The maximum Gasteiger partial charge on any atom is 0.453 e. The van der Waals surface area contributed by atoms with Gasteiger partial charge < -0.3 is 18.9 Å². The third kappa shape index (κ3) is 5.72. The molecule has 0 rings (SSSR count). The smallest absolute Gasteiger partial charge is 0.453 e. The molecule has 1 unspecified atom stereocenters. The zero-order chi connectivity index (χ0) is 15.5. The van der Waals surface area contributed by atoms with Gasteiger partial charge in [0.25, 0.3) is 0 Å². The van der Waals surface area contributed by atoms with Crippen LogP contribution in [0, 0.1) is 0 Å². The van der Waals surface area contributed by atoms with Crippen LogP contribution in [0.3, 0.4) is 0 Å². The SMILES string of the molecule is CCCC(CC)(CC(F)(F)C(F)(F)F)OP(=O)([O-])[O-]. The Morgan fingerprint density at radius 1 is 1.11 bits per heavy atom. The average Bonchev–Trinajstić information content (AvgIpc) is 2.12. The molecule has 0 aliphatic carbocycles. The average molecular weight is 312 g/mol. The van der Waals surface area contributed by atoms with E-state index in [0.29, 0.717) is 0 Å². The lowest BCUT2D eigenvalue weighted by Crippen LogP contribution is -2.47. The van der Waals surface area contributed by atoms with Gasteiger partial charge in [-0.2, -0.15) is 22.0 Å². The number of phosphoric ester groups is 1. The lowest BCUT2D eigenvalue weighted by atomic mass is 9.88. The Hall–Kier alpha value is -0.240. The van der Waals surface area contributed by atoms with E-state index in [0.717, 1.165) is 0 Å². The Bertz CT molecular complexity index is 340. The molecule has 0 saturated heterocycles. The van der Waals surface area contributed by atoms with Gasteiger partial charge in [0.05, 0.1) is 19.8 Å². The van der Waals surface area contributed by atoms with Crippen molar-refractivity contribution < 1.29 is 40.8 Å². The lowest BCUT2D eigenvalue weighted by Gasteiger charge is -2.43. The zero-order valence-electron chi connectivity index (χ0n) is 10.3. The Morgan fingerprint density at radius 2 is 1.58 bits per heavy atom. The van der Waals surface area contributed by atoms with Gasteiger partial charge in [-0.15, -0.1) is 0 Å². The number of hydrogen-bond acceptors (Lipinski definition) is 4. The van der Waals surface area contributed by atoms with Crippen molar-refractivity contribution in [2.24, 2.45) is 0 Å². The van der Waals surface area contributed by atoms with Gasteiger partial charge in [0.15, 0.2) is 0 Å². The molecular weight excluding hydrogens is 298 g/mol. The van der Waals surface area contributed by atoms with Crippen molar-refractivity contribution in [1.82, 2.24) is 0 Å². The molecule has 1 atom stereocenters. The van der Waals surface area contributed by atoms with Crippen molar-refractivity contribution in [3.05, 3.63) is 0 Å². The summed E-state index contributed by atoms with van der Waals surface area (Å²) < 4.78 is 77.0. The van der Waals surface area contributed by atoms with Crippen LogP contribution in [0.15, 0.2) is 0 Å². The highest BCUT2D eigenvalue weighted by Gasteiger charge is 2.60. The van der Waals surface area contributed by atoms with Crippen molar-refractivity contribution in [3.8, 4) is 0 Å². The molecule has 0 saturated carbocycles. The van der Waals surface area contributed by atoms with Gasteiger partial charge in [0, 0.05) is 0 Å². The van der Waals surface area contributed by atoms with Crippen LogP contribution in [0.1, 0.15) is 39.5 Å². The summed E-state index contributed by atoms with van der Waals surface area (Å²) >= 11 is 0. The molecule has 0 heterocycles. The van der Waals surface area contributed by atoms with Gasteiger partial charge in [-0.1, -0.05) is 20.3 Å². The molecule has 0 N–H and O–H groups in total. The molecule has 10 heteroatoms. The van der Waals surface area contributed by atoms with E-state index in [1.165, 1.54) is 13.8 Å². The zero-order valence-corrected chi connectivity index (χ0v) is 11.2. The summed E-state index contributed by atoms with van der Waals surface area (Å²) in [6.45, 7) is 2.62. The minimum Gasteiger partial charge on any atom is -0.790 e. The van der Waals surface area contributed by atoms with E-state index >= 15 is 0 Å². The van der Waals surface area contributed by atoms with E-state index in [9.17, 15) is 36.3 Å². The number of phosphoric acid groups is 1. The molecule has 0 fully saturated rings. The molecule has 19 heavy (non-hydrogen) atoms. The summed E-state index contributed by atoms with van der Waals surface area (Å²) in [4.78, 5) is 21.1. The van der Waals surface area contributed by atoms with E-state index in [1.54, 1.807) is 0 Å². The first kappa shape index (κ1) is 18.8. The molecule has 0 bridgehead atoms. The fourth-order valence-electron chi connectivity index (χ4n) is 1.73. The molecule has 116 valence electrons. The third-order valence-corrected chi connectivity index (χ3v) is 3.23. The van der Waals surface area contributed by atoms with Gasteiger partial charge in [-0.25, -0.2) is 0 Å². The summed E-state index contributed by atoms with van der Waals surface area (Å²) in [5.41, 5.74) is -2.34. The highest BCUT2D eigenvalue weighted by Crippen LogP contribution is 2.48. The molecule has 0 aliphatic heterocycles. The Labute approximate surface area is 107 Å². The molecule has 0 aromatic carbocycles. The van der Waals surface area contributed by atoms with Crippen LogP contribution in [0.5, 0.6) is 0 Å². The van der Waals surface area contributed by atoms with Gasteiger partial charge in [-0.05, 0) is 12.8 Å². The quantitative estimate of drug-likeness (QED) is 0.534. The maximum atomic E-state index is 13.0. The van der Waals surface area contributed by atoms with E-state index in [2.05, 4.69) is 4.52 Å². The second kappa shape index (κ2) is 6.03. The largest absolute Gasteiger partial charge is 0.790 e. The van der Waals surface area contributed by atoms with Gasteiger partial charge in [-0.3, -0.25) is 0 Å². The number of halogens is 5. The second-order valence-corrected chi connectivity index (χ2v) is 5.28. The Kier molecular flexibility index (Phi) is 5.96.